The number of hydrogen-bond donors (Lipinski definition) is 0. The highest BCUT2D eigenvalue weighted by molar-refractivity contribution is 7.48. The Balaban J connectivity index is -0.0000000163. The van der Waals surface area contributed by atoms with Crippen molar-refractivity contribution < 1.29 is 60.6 Å². The van der Waals surface area contributed by atoms with Crippen LogP contribution in [0, 0.1) is 0 Å². The van der Waals surface area contributed by atoms with Gasteiger partial charge in [0.15, 0.2) is 0 Å². The van der Waals surface area contributed by atoms with Gasteiger partial charge in [-0.25, -0.2) is 4.57 Å². The van der Waals surface area contributed by atoms with Crippen LogP contribution in [0.3, 0.4) is 0 Å². The molecule has 0 spiro atoms. The Hall–Kier alpha value is -0.520. The number of hydrogen-bond acceptors (Lipinski definition) is 4. The van der Waals surface area contributed by atoms with Gasteiger partial charge in [0.1, 0.15) is 0 Å². The Morgan fingerprint density at radius 3 is 0.786 bits per heavy atom. The molecule has 0 aromatic carbocycles. The predicted molar refractivity (Wildman–Crippen MR) is 29.2 cm³/mol. The smallest absolute Gasteiger partial charge is 0.269 e. The summed E-state index contributed by atoms with van der Waals surface area (Å²) in [7, 11) is -5.16. The lowest BCUT2D eigenvalue weighted by atomic mass is 15.5. The summed E-state index contributed by atoms with van der Waals surface area (Å²) >= 11 is 0. The number of rotatable bonds is 3. The van der Waals surface area contributed by atoms with Crippen molar-refractivity contribution in [2.75, 3.05) is 0 Å². The lowest BCUT2D eigenvalue weighted by Crippen LogP contribution is -1.79. The molecule has 0 aliphatic rings. The van der Waals surface area contributed by atoms with Crippen LogP contribution in [0.2, 0.25) is 0 Å². The second kappa shape index (κ2) is 22.9. The highest BCUT2D eigenvalue weighted by Crippen LogP contribution is 2.50. The van der Waals surface area contributed by atoms with E-state index in [0.717, 1.165) is 0 Å². The van der Waals surface area contributed by atoms with Gasteiger partial charge in [-0.3, -0.25) is 28.2 Å². The fourth-order valence-corrected chi connectivity index (χ4v) is 0.0958. The SMILES string of the molecule is F.F.F.F.F.F.O=P(OF)(OF)OF. The van der Waals surface area contributed by atoms with Crippen LogP contribution in [-0.2, 0) is 18.8 Å². The van der Waals surface area contributed by atoms with Crippen LogP contribution in [0.25, 0.3) is 0 Å². The van der Waals surface area contributed by atoms with Gasteiger partial charge >= 0.3 is 7.82 Å². The molecular formula is H6F9O4P. The van der Waals surface area contributed by atoms with Gasteiger partial charge in [-0.2, -0.15) is 0 Å². The molecule has 14 heavy (non-hydrogen) atoms. The minimum absolute atomic E-state index is 0. The van der Waals surface area contributed by atoms with Crippen LogP contribution < -0.4 is 0 Å². The standard InChI is InChI=1S/F3O4P.6FH/c1-5-8(4,6-2)7-3;;;;;;/h;6*1H. The second-order valence-electron chi connectivity index (χ2n) is 0.654. The molecule has 0 aliphatic carbocycles. The molecule has 0 aliphatic heterocycles. The summed E-state index contributed by atoms with van der Waals surface area (Å²) in [5.41, 5.74) is 0. The molecule has 0 radical (unpaired) electrons. The van der Waals surface area contributed by atoms with E-state index in [1.165, 1.54) is 0 Å². The monoisotopic (exact) mass is 272 g/mol. The van der Waals surface area contributed by atoms with E-state index >= 15 is 0 Å². The first-order valence-electron chi connectivity index (χ1n) is 1.19. The number of halogens is 9. The minimum Gasteiger partial charge on any atom is -0.269 e. The third-order valence-electron chi connectivity index (χ3n) is 0.254. The van der Waals surface area contributed by atoms with Crippen molar-refractivity contribution in [1.29, 1.82) is 0 Å². The van der Waals surface area contributed by atoms with E-state index in [1.54, 1.807) is 0 Å². The van der Waals surface area contributed by atoms with Crippen molar-refractivity contribution >= 4 is 7.82 Å². The quantitative estimate of drug-likeness (QED) is 0.585. The van der Waals surface area contributed by atoms with E-state index < -0.39 is 7.82 Å². The maximum absolute atomic E-state index is 10.5. The zero-order valence-corrected chi connectivity index (χ0v) is 6.56. The second-order valence-corrected chi connectivity index (χ2v) is 1.96. The van der Waals surface area contributed by atoms with Crippen molar-refractivity contribution in [1.82, 2.24) is 0 Å². The van der Waals surface area contributed by atoms with E-state index in [0.29, 0.717) is 0 Å². The minimum atomic E-state index is -5.16. The molecule has 0 atom stereocenters. The summed E-state index contributed by atoms with van der Waals surface area (Å²) in [6, 6.07) is 0. The van der Waals surface area contributed by atoms with Crippen molar-refractivity contribution in [3.05, 3.63) is 0 Å². The maximum Gasteiger partial charge on any atom is 0.568 e. The first kappa shape index (κ1) is 50.0. The number of phosphoric acid groups is 1. The van der Waals surface area contributed by atoms with Crippen LogP contribution in [0.15, 0.2) is 0 Å². The van der Waals surface area contributed by atoms with Gasteiger partial charge in [0.2, 0.25) is 0 Å². The Bertz CT molecular complexity index is 88.0. The lowest BCUT2D eigenvalue weighted by Gasteiger charge is -1.95. The van der Waals surface area contributed by atoms with Gasteiger partial charge in [-0.1, -0.05) is 14.2 Å². The van der Waals surface area contributed by atoms with E-state index in [-0.39, 0.29) is 28.2 Å². The summed E-state index contributed by atoms with van der Waals surface area (Å²) in [5, 5.41) is 0. The van der Waals surface area contributed by atoms with Gasteiger partial charge < -0.3 is 0 Å². The maximum atomic E-state index is 10.5. The zero-order chi connectivity index (χ0) is 6.62. The fraction of sp³-hybridized carbons (Fsp3) is 0. The average Bonchev–Trinajstić information content (AvgIpc) is 1.87. The van der Waals surface area contributed by atoms with Crippen LogP contribution in [0.1, 0.15) is 0 Å². The van der Waals surface area contributed by atoms with E-state index in [2.05, 4.69) is 14.2 Å². The van der Waals surface area contributed by atoms with Crippen molar-refractivity contribution in [2.45, 2.75) is 0 Å². The molecule has 4 nitrogen and oxygen atoms in total. The Labute approximate surface area is 69.8 Å². The fourth-order valence-electron chi connectivity index (χ4n) is 0.0319. The summed E-state index contributed by atoms with van der Waals surface area (Å²) in [6.07, 6.45) is 0. The van der Waals surface area contributed by atoms with Gasteiger partial charge in [-0.15, -0.1) is 0 Å². The van der Waals surface area contributed by atoms with Crippen molar-refractivity contribution in [3.63, 3.8) is 0 Å². The molecular weight excluding hydrogens is 266 g/mol. The van der Waals surface area contributed by atoms with Crippen LogP contribution >= 0.6 is 7.82 Å². The zero-order valence-electron chi connectivity index (χ0n) is 5.66. The van der Waals surface area contributed by atoms with E-state index in [9.17, 15) is 18.1 Å². The molecule has 0 amide bonds. The molecule has 0 unspecified atom stereocenters. The van der Waals surface area contributed by atoms with Crippen molar-refractivity contribution in [3.8, 4) is 0 Å². The van der Waals surface area contributed by atoms with Gasteiger partial charge in [-0.05, 0) is 13.6 Å². The third-order valence-corrected chi connectivity index (χ3v) is 0.761. The van der Waals surface area contributed by atoms with Crippen LogP contribution in [0.4, 0.5) is 41.8 Å². The summed E-state index contributed by atoms with van der Waals surface area (Å²) in [4.78, 5) is 0. The Morgan fingerprint density at radius 1 is 0.643 bits per heavy atom. The molecule has 0 saturated heterocycles. The van der Waals surface area contributed by atoms with Crippen molar-refractivity contribution in [2.24, 2.45) is 0 Å². The molecule has 0 aromatic rings. The largest absolute Gasteiger partial charge is 0.568 e. The highest BCUT2D eigenvalue weighted by atomic mass is 31.2. The molecule has 0 bridgehead atoms. The molecule has 14 heteroatoms. The van der Waals surface area contributed by atoms with Crippen LogP contribution in [0.5, 0.6) is 0 Å². The average molecular weight is 272 g/mol. The first-order valence-corrected chi connectivity index (χ1v) is 2.65. The molecule has 0 rings (SSSR count). The van der Waals surface area contributed by atoms with Crippen LogP contribution in [-0.4, -0.2) is 0 Å². The summed E-state index contributed by atoms with van der Waals surface area (Å²) in [5.74, 6) is 0. The lowest BCUT2D eigenvalue weighted by molar-refractivity contribution is -0.163. The van der Waals surface area contributed by atoms with Gasteiger partial charge in [0.25, 0.3) is 0 Å². The van der Waals surface area contributed by atoms with E-state index in [4.69, 9.17) is 0 Å². The highest BCUT2D eigenvalue weighted by Gasteiger charge is 2.31. The summed E-state index contributed by atoms with van der Waals surface area (Å²) in [6.45, 7) is 0. The normalized spacial score (nSPS) is 6.79. The third kappa shape index (κ3) is 17.5. The molecule has 0 fully saturated rings. The topological polar surface area (TPSA) is 44.8 Å². The molecule has 98 valence electrons. The molecule has 0 saturated carbocycles. The molecule has 0 N–H and O–H groups in total. The molecule has 0 heterocycles. The van der Waals surface area contributed by atoms with Gasteiger partial charge in [0.05, 0.1) is 0 Å². The predicted octanol–water partition coefficient (Wildman–Crippen LogP) is 2.71. The first-order chi connectivity index (χ1) is 3.68. The van der Waals surface area contributed by atoms with E-state index in [1.807, 2.05) is 0 Å². The summed E-state index contributed by atoms with van der Waals surface area (Å²) < 4.78 is 47.5. The van der Waals surface area contributed by atoms with Gasteiger partial charge in [0, 0.05) is 0 Å². The Kier molecular flexibility index (Phi) is 81.7. The molecule has 0 aromatic heterocycles. The Morgan fingerprint density at radius 2 is 0.786 bits per heavy atom.